The summed E-state index contributed by atoms with van der Waals surface area (Å²) in [6.45, 7) is 4.44. The van der Waals surface area contributed by atoms with Crippen molar-refractivity contribution in [3.63, 3.8) is 0 Å². The third kappa shape index (κ3) is 6.25. The molecule has 116 valence electrons. The molecule has 0 aliphatic heterocycles. The number of urea groups is 1. The molecule has 1 rings (SSSR count). The second-order valence-electron chi connectivity index (χ2n) is 5.07. The first-order valence-electron chi connectivity index (χ1n) is 6.91. The van der Waals surface area contributed by atoms with Gasteiger partial charge in [-0.2, -0.15) is 0 Å². The van der Waals surface area contributed by atoms with Crippen molar-refractivity contribution >= 4 is 12.0 Å². The van der Waals surface area contributed by atoms with Crippen LogP contribution in [-0.2, 0) is 11.3 Å². The number of rotatable bonds is 7. The smallest absolute Gasteiger partial charge is 0.317 e. The Labute approximate surface area is 123 Å². The lowest BCUT2D eigenvalue weighted by Crippen LogP contribution is -2.44. The van der Waals surface area contributed by atoms with Gasteiger partial charge in [0.05, 0.1) is 0 Å². The second-order valence-corrected chi connectivity index (χ2v) is 5.07. The molecular weight excluding hydrogens is 275 g/mol. The number of halogens is 1. The normalized spacial score (nSPS) is 10.5. The van der Waals surface area contributed by atoms with E-state index in [-0.39, 0.29) is 24.3 Å². The van der Waals surface area contributed by atoms with Gasteiger partial charge in [0.1, 0.15) is 5.82 Å². The zero-order valence-corrected chi connectivity index (χ0v) is 12.3. The number of carboxylic acid groups (broad SMARTS) is 1. The summed E-state index contributed by atoms with van der Waals surface area (Å²) in [5, 5.41) is 11.4. The van der Waals surface area contributed by atoms with Crippen LogP contribution in [0, 0.1) is 5.82 Å². The average molecular weight is 296 g/mol. The zero-order chi connectivity index (χ0) is 15.8. The summed E-state index contributed by atoms with van der Waals surface area (Å²) in [4.78, 5) is 24.2. The summed E-state index contributed by atoms with van der Waals surface area (Å²) in [6, 6.07) is 5.63. The number of hydrogen-bond donors (Lipinski definition) is 2. The molecule has 0 atom stereocenters. The van der Waals surface area contributed by atoms with E-state index in [0.29, 0.717) is 19.5 Å². The van der Waals surface area contributed by atoms with Gasteiger partial charge in [-0.15, -0.1) is 0 Å². The number of amides is 2. The van der Waals surface area contributed by atoms with Gasteiger partial charge in [0.2, 0.25) is 0 Å². The monoisotopic (exact) mass is 296 g/mol. The van der Waals surface area contributed by atoms with Crippen LogP contribution in [0.15, 0.2) is 24.3 Å². The van der Waals surface area contributed by atoms with E-state index < -0.39 is 5.97 Å². The Balaban J connectivity index is 2.48. The Morgan fingerprint density at radius 1 is 1.29 bits per heavy atom. The first kappa shape index (κ1) is 16.9. The van der Waals surface area contributed by atoms with Crippen molar-refractivity contribution in [2.75, 3.05) is 6.54 Å². The molecule has 0 spiro atoms. The Morgan fingerprint density at radius 3 is 2.43 bits per heavy atom. The minimum absolute atomic E-state index is 0.0213. The van der Waals surface area contributed by atoms with E-state index in [2.05, 4.69) is 5.32 Å². The molecule has 21 heavy (non-hydrogen) atoms. The number of carbonyl (C=O) groups is 2. The fourth-order valence-electron chi connectivity index (χ4n) is 1.88. The molecule has 2 N–H and O–H groups in total. The van der Waals surface area contributed by atoms with Crippen LogP contribution in [-0.4, -0.2) is 34.6 Å². The molecule has 0 unspecified atom stereocenters. The number of nitrogens with zero attached hydrogens (tertiary/aromatic N) is 1. The van der Waals surface area contributed by atoms with Gasteiger partial charge in [-0.05, 0) is 38.0 Å². The predicted molar refractivity (Wildman–Crippen MR) is 77.3 cm³/mol. The highest BCUT2D eigenvalue weighted by atomic mass is 19.1. The molecule has 0 heterocycles. The maximum Gasteiger partial charge on any atom is 0.317 e. The van der Waals surface area contributed by atoms with Gasteiger partial charge in [-0.1, -0.05) is 12.1 Å². The lowest BCUT2D eigenvalue weighted by Gasteiger charge is -2.26. The molecule has 0 radical (unpaired) electrons. The van der Waals surface area contributed by atoms with Crippen molar-refractivity contribution in [1.82, 2.24) is 10.2 Å². The quantitative estimate of drug-likeness (QED) is 0.812. The van der Waals surface area contributed by atoms with E-state index in [0.717, 1.165) is 5.56 Å². The van der Waals surface area contributed by atoms with Gasteiger partial charge < -0.3 is 15.3 Å². The number of carboxylic acids is 1. The van der Waals surface area contributed by atoms with Gasteiger partial charge in [0.15, 0.2) is 0 Å². The third-order valence-electron chi connectivity index (χ3n) is 3.03. The fourth-order valence-corrected chi connectivity index (χ4v) is 1.88. The standard InChI is InChI=1S/C15H21FN2O3/c1-11(2)18(9-3-4-14(19)20)15(21)17-10-12-5-7-13(16)8-6-12/h5-8,11H,3-4,9-10H2,1-2H3,(H,17,21)(H,19,20). The van der Waals surface area contributed by atoms with Crippen LogP contribution in [0.4, 0.5) is 9.18 Å². The molecule has 0 aromatic heterocycles. The SMILES string of the molecule is CC(C)N(CCCC(=O)O)C(=O)NCc1ccc(F)cc1. The van der Waals surface area contributed by atoms with Gasteiger partial charge in [-0.25, -0.2) is 9.18 Å². The Kier molecular flexibility index (Phi) is 6.65. The van der Waals surface area contributed by atoms with E-state index in [9.17, 15) is 14.0 Å². The molecule has 0 aliphatic rings. The van der Waals surface area contributed by atoms with Crippen LogP contribution < -0.4 is 5.32 Å². The predicted octanol–water partition coefficient (Wildman–Crippen LogP) is 2.61. The Morgan fingerprint density at radius 2 is 1.90 bits per heavy atom. The highest BCUT2D eigenvalue weighted by Gasteiger charge is 2.16. The van der Waals surface area contributed by atoms with Crippen LogP contribution in [0.1, 0.15) is 32.3 Å². The number of aliphatic carboxylic acids is 1. The van der Waals surface area contributed by atoms with E-state index in [1.165, 1.54) is 12.1 Å². The van der Waals surface area contributed by atoms with Crippen molar-refractivity contribution in [3.05, 3.63) is 35.6 Å². The summed E-state index contributed by atoms with van der Waals surface area (Å²) < 4.78 is 12.8. The molecule has 2 amide bonds. The molecule has 1 aromatic carbocycles. The molecule has 0 saturated heterocycles. The van der Waals surface area contributed by atoms with Crippen LogP contribution in [0.25, 0.3) is 0 Å². The van der Waals surface area contributed by atoms with Gasteiger partial charge in [0, 0.05) is 25.6 Å². The minimum atomic E-state index is -0.870. The third-order valence-corrected chi connectivity index (χ3v) is 3.03. The van der Waals surface area contributed by atoms with E-state index >= 15 is 0 Å². The zero-order valence-electron chi connectivity index (χ0n) is 12.3. The summed E-state index contributed by atoms with van der Waals surface area (Å²) in [5.74, 6) is -1.19. The molecule has 1 aromatic rings. The summed E-state index contributed by atoms with van der Waals surface area (Å²) in [7, 11) is 0. The summed E-state index contributed by atoms with van der Waals surface area (Å²) >= 11 is 0. The number of carbonyl (C=O) groups excluding carboxylic acids is 1. The maximum atomic E-state index is 12.8. The Hall–Kier alpha value is -2.11. The first-order valence-corrected chi connectivity index (χ1v) is 6.91. The second kappa shape index (κ2) is 8.24. The van der Waals surface area contributed by atoms with Gasteiger partial charge >= 0.3 is 12.0 Å². The topological polar surface area (TPSA) is 69.6 Å². The maximum absolute atomic E-state index is 12.8. The fraction of sp³-hybridized carbons (Fsp3) is 0.467. The van der Waals surface area contributed by atoms with Crippen LogP contribution in [0.2, 0.25) is 0 Å². The van der Waals surface area contributed by atoms with Crippen molar-refractivity contribution in [1.29, 1.82) is 0 Å². The average Bonchev–Trinajstić information content (AvgIpc) is 2.42. The largest absolute Gasteiger partial charge is 0.481 e. The summed E-state index contributed by atoms with van der Waals surface area (Å²) in [6.07, 6.45) is 0.450. The van der Waals surface area contributed by atoms with E-state index in [1.54, 1.807) is 17.0 Å². The van der Waals surface area contributed by atoms with E-state index in [1.807, 2.05) is 13.8 Å². The minimum Gasteiger partial charge on any atom is -0.481 e. The van der Waals surface area contributed by atoms with Gasteiger partial charge in [0.25, 0.3) is 0 Å². The van der Waals surface area contributed by atoms with Crippen LogP contribution in [0.3, 0.4) is 0 Å². The number of benzene rings is 1. The van der Waals surface area contributed by atoms with Crippen molar-refractivity contribution in [2.24, 2.45) is 0 Å². The molecular formula is C15H21FN2O3. The summed E-state index contributed by atoms with van der Waals surface area (Å²) in [5.41, 5.74) is 0.805. The highest BCUT2D eigenvalue weighted by Crippen LogP contribution is 2.05. The number of nitrogens with one attached hydrogen (secondary N) is 1. The first-order chi connectivity index (χ1) is 9.90. The Bertz CT molecular complexity index is 474. The number of hydrogen-bond acceptors (Lipinski definition) is 2. The lowest BCUT2D eigenvalue weighted by molar-refractivity contribution is -0.137. The molecule has 0 bridgehead atoms. The van der Waals surface area contributed by atoms with Crippen molar-refractivity contribution < 1.29 is 19.1 Å². The van der Waals surface area contributed by atoms with Crippen molar-refractivity contribution in [3.8, 4) is 0 Å². The van der Waals surface area contributed by atoms with Crippen LogP contribution >= 0.6 is 0 Å². The highest BCUT2D eigenvalue weighted by molar-refractivity contribution is 5.74. The van der Waals surface area contributed by atoms with Gasteiger partial charge in [-0.3, -0.25) is 4.79 Å². The molecule has 0 fully saturated rings. The lowest BCUT2D eigenvalue weighted by atomic mass is 10.2. The molecule has 5 nitrogen and oxygen atoms in total. The molecule has 0 aliphatic carbocycles. The van der Waals surface area contributed by atoms with Crippen LogP contribution in [0.5, 0.6) is 0 Å². The molecule has 0 saturated carbocycles. The van der Waals surface area contributed by atoms with E-state index in [4.69, 9.17) is 5.11 Å². The van der Waals surface area contributed by atoms with Crippen molar-refractivity contribution in [2.45, 2.75) is 39.3 Å². The molecule has 6 heteroatoms.